The van der Waals surface area contributed by atoms with Crippen molar-refractivity contribution in [2.45, 2.75) is 46.1 Å². The number of benzene rings is 2. The molecule has 0 aliphatic rings. The fraction of sp³-hybridized carbons (Fsp3) is 0.417. The molecule has 0 spiro atoms. The van der Waals surface area contributed by atoms with Crippen LogP contribution >= 0.6 is 34.5 Å². The number of carbonyl (C=O) groups excluding carboxylic acids is 1. The Bertz CT molecular complexity index is 1350. The van der Waals surface area contributed by atoms with E-state index in [0.29, 0.717) is 40.0 Å². The van der Waals surface area contributed by atoms with Crippen molar-refractivity contribution in [2.24, 2.45) is 16.8 Å². The SMILES string of the molecule is CCn1c(=NC(=O)c2ccc(S(=O)(=O)N(CC(C)C)CC(C)C)cc2)sc2cc(Cl)cc(Cl)c21. The average molecular weight is 543 g/mol. The minimum absolute atomic E-state index is 0.164. The average Bonchev–Trinajstić information content (AvgIpc) is 3.09. The minimum Gasteiger partial charge on any atom is -0.315 e. The van der Waals surface area contributed by atoms with Crippen molar-refractivity contribution >= 4 is 60.7 Å². The van der Waals surface area contributed by atoms with E-state index in [1.807, 2.05) is 39.2 Å². The van der Waals surface area contributed by atoms with Crippen molar-refractivity contribution in [3.05, 3.63) is 56.8 Å². The molecule has 0 atom stereocenters. The first-order valence-electron chi connectivity index (χ1n) is 11.1. The zero-order chi connectivity index (χ0) is 25.2. The number of rotatable bonds is 8. The largest absolute Gasteiger partial charge is 0.315 e. The maximum Gasteiger partial charge on any atom is 0.279 e. The van der Waals surface area contributed by atoms with Crippen LogP contribution in [0.25, 0.3) is 10.2 Å². The van der Waals surface area contributed by atoms with Gasteiger partial charge in [0.05, 0.1) is 20.1 Å². The van der Waals surface area contributed by atoms with Gasteiger partial charge in [-0.25, -0.2) is 8.42 Å². The molecule has 10 heteroatoms. The molecular formula is C24H29Cl2N3O3S2. The first kappa shape index (κ1) is 26.9. The number of hydrogen-bond donors (Lipinski definition) is 0. The van der Waals surface area contributed by atoms with Crippen LogP contribution in [0.1, 0.15) is 45.0 Å². The number of aryl methyl sites for hydroxylation is 1. The molecule has 6 nitrogen and oxygen atoms in total. The fourth-order valence-electron chi connectivity index (χ4n) is 3.66. The summed E-state index contributed by atoms with van der Waals surface area (Å²) in [6, 6.07) is 9.42. The molecule has 3 rings (SSSR count). The number of fused-ring (bicyclic) bond motifs is 1. The smallest absolute Gasteiger partial charge is 0.279 e. The minimum atomic E-state index is -3.67. The van der Waals surface area contributed by atoms with Crippen molar-refractivity contribution < 1.29 is 13.2 Å². The molecular weight excluding hydrogens is 513 g/mol. The summed E-state index contributed by atoms with van der Waals surface area (Å²) < 4.78 is 30.6. The summed E-state index contributed by atoms with van der Waals surface area (Å²) in [6.07, 6.45) is 0. The van der Waals surface area contributed by atoms with Crippen LogP contribution < -0.4 is 4.80 Å². The molecule has 1 heterocycles. The summed E-state index contributed by atoms with van der Waals surface area (Å²) in [5, 5.41) is 1.01. The molecule has 1 amide bonds. The van der Waals surface area contributed by atoms with Gasteiger partial charge in [0.15, 0.2) is 4.80 Å². The Morgan fingerprint density at radius 1 is 1.06 bits per heavy atom. The second-order valence-corrected chi connectivity index (χ2v) is 12.7. The molecule has 0 unspecified atom stereocenters. The second-order valence-electron chi connectivity index (χ2n) is 8.91. The van der Waals surface area contributed by atoms with Gasteiger partial charge in [-0.05, 0) is 55.2 Å². The van der Waals surface area contributed by atoms with Gasteiger partial charge >= 0.3 is 0 Å². The molecule has 0 saturated heterocycles. The number of thiazole rings is 1. The molecule has 0 aliphatic heterocycles. The molecule has 1 aromatic heterocycles. The quantitative estimate of drug-likeness (QED) is 0.347. The van der Waals surface area contributed by atoms with Crippen LogP contribution in [0.15, 0.2) is 46.3 Å². The Hall–Kier alpha value is -1.71. The van der Waals surface area contributed by atoms with Crippen LogP contribution in [0.4, 0.5) is 0 Å². The van der Waals surface area contributed by atoms with E-state index in [9.17, 15) is 13.2 Å². The van der Waals surface area contributed by atoms with E-state index >= 15 is 0 Å². The van der Waals surface area contributed by atoms with E-state index in [2.05, 4.69) is 4.99 Å². The monoisotopic (exact) mass is 541 g/mol. The van der Waals surface area contributed by atoms with Crippen molar-refractivity contribution in [1.29, 1.82) is 0 Å². The lowest BCUT2D eigenvalue weighted by Gasteiger charge is -2.25. The third-order valence-electron chi connectivity index (χ3n) is 5.09. The molecule has 3 aromatic rings. The number of hydrogen-bond acceptors (Lipinski definition) is 4. The molecule has 0 N–H and O–H groups in total. The lowest BCUT2D eigenvalue weighted by Crippen LogP contribution is -2.37. The normalized spacial score (nSPS) is 13.1. The van der Waals surface area contributed by atoms with Crippen LogP contribution in [0.2, 0.25) is 10.0 Å². The van der Waals surface area contributed by atoms with Gasteiger partial charge in [-0.3, -0.25) is 4.79 Å². The molecule has 0 bridgehead atoms. The first-order chi connectivity index (χ1) is 15.9. The summed E-state index contributed by atoms with van der Waals surface area (Å²) in [5.74, 6) is -0.0626. The molecule has 34 heavy (non-hydrogen) atoms. The molecule has 2 aromatic carbocycles. The Morgan fingerprint density at radius 2 is 1.65 bits per heavy atom. The Kier molecular flexibility index (Phi) is 8.63. The number of carbonyl (C=O) groups is 1. The van der Waals surface area contributed by atoms with Gasteiger partial charge in [0, 0.05) is 30.2 Å². The summed E-state index contributed by atoms with van der Waals surface area (Å²) >= 11 is 13.8. The molecule has 184 valence electrons. The van der Waals surface area contributed by atoms with Crippen molar-refractivity contribution in [3.63, 3.8) is 0 Å². The highest BCUT2D eigenvalue weighted by Gasteiger charge is 2.26. The number of sulfonamides is 1. The zero-order valence-corrected chi connectivity index (χ0v) is 23.0. The van der Waals surface area contributed by atoms with Crippen LogP contribution in [-0.4, -0.2) is 36.3 Å². The van der Waals surface area contributed by atoms with Crippen LogP contribution in [0.5, 0.6) is 0 Å². The van der Waals surface area contributed by atoms with Crippen LogP contribution in [-0.2, 0) is 16.6 Å². The lowest BCUT2D eigenvalue weighted by molar-refractivity contribution is 0.0997. The Labute approximate surface area is 214 Å². The van der Waals surface area contributed by atoms with Gasteiger partial charge in [-0.2, -0.15) is 9.30 Å². The van der Waals surface area contributed by atoms with Gasteiger partial charge < -0.3 is 4.57 Å². The summed E-state index contributed by atoms with van der Waals surface area (Å²) in [4.78, 5) is 17.9. The van der Waals surface area contributed by atoms with Gasteiger partial charge in [0.2, 0.25) is 10.0 Å². The molecule has 0 saturated carbocycles. The first-order valence-corrected chi connectivity index (χ1v) is 14.1. The van der Waals surface area contributed by atoms with Crippen molar-refractivity contribution in [1.82, 2.24) is 8.87 Å². The van der Waals surface area contributed by atoms with E-state index < -0.39 is 15.9 Å². The van der Waals surface area contributed by atoms with Gasteiger partial charge in [0.25, 0.3) is 5.91 Å². The van der Waals surface area contributed by atoms with Crippen molar-refractivity contribution in [2.75, 3.05) is 13.1 Å². The van der Waals surface area contributed by atoms with E-state index in [-0.39, 0.29) is 16.7 Å². The van der Waals surface area contributed by atoms with E-state index in [0.717, 1.165) is 10.2 Å². The van der Waals surface area contributed by atoms with Gasteiger partial charge in [-0.1, -0.05) is 62.2 Å². The van der Waals surface area contributed by atoms with Crippen molar-refractivity contribution in [3.8, 4) is 0 Å². The standard InChI is InChI=1S/C24H29Cl2N3O3S2/c1-6-29-22-20(26)11-18(25)12-21(22)33-24(29)27-23(30)17-7-9-19(10-8-17)34(31,32)28(13-15(2)3)14-16(4)5/h7-12,15-16H,6,13-14H2,1-5H3. The van der Waals surface area contributed by atoms with E-state index in [4.69, 9.17) is 23.2 Å². The number of halogens is 2. The predicted octanol–water partition coefficient (Wildman–Crippen LogP) is 6.07. The van der Waals surface area contributed by atoms with Crippen LogP contribution in [0, 0.1) is 11.8 Å². The Morgan fingerprint density at radius 3 is 2.18 bits per heavy atom. The Balaban J connectivity index is 1.95. The van der Waals surface area contributed by atoms with Crippen LogP contribution in [0.3, 0.4) is 0 Å². The fourth-order valence-corrected chi connectivity index (χ4v) is 7.30. The summed E-state index contributed by atoms with van der Waals surface area (Å²) in [5.41, 5.74) is 1.09. The lowest BCUT2D eigenvalue weighted by atomic mass is 10.2. The van der Waals surface area contributed by atoms with Gasteiger partial charge in [-0.15, -0.1) is 0 Å². The molecule has 0 fully saturated rings. The third kappa shape index (κ3) is 5.91. The topological polar surface area (TPSA) is 71.7 Å². The highest BCUT2D eigenvalue weighted by molar-refractivity contribution is 7.89. The molecule has 0 radical (unpaired) electrons. The maximum absolute atomic E-state index is 13.2. The van der Waals surface area contributed by atoms with Gasteiger partial charge in [0.1, 0.15) is 0 Å². The molecule has 0 aliphatic carbocycles. The predicted molar refractivity (Wildman–Crippen MR) is 140 cm³/mol. The highest BCUT2D eigenvalue weighted by Crippen LogP contribution is 2.29. The summed E-state index contributed by atoms with van der Waals surface area (Å²) in [7, 11) is -3.67. The number of aromatic nitrogens is 1. The maximum atomic E-state index is 13.2. The zero-order valence-electron chi connectivity index (χ0n) is 19.9. The highest BCUT2D eigenvalue weighted by atomic mass is 35.5. The van der Waals surface area contributed by atoms with E-state index in [1.165, 1.54) is 39.9 Å². The summed E-state index contributed by atoms with van der Waals surface area (Å²) in [6.45, 7) is 11.4. The number of amides is 1. The number of nitrogens with zero attached hydrogens (tertiary/aromatic N) is 3. The second kappa shape index (κ2) is 10.9. The van der Waals surface area contributed by atoms with E-state index in [1.54, 1.807) is 12.1 Å². The third-order valence-corrected chi connectivity index (χ3v) is 8.46.